The zero-order valence-electron chi connectivity index (χ0n) is 16.1. The lowest BCUT2D eigenvalue weighted by molar-refractivity contribution is -0.384. The molecule has 0 heterocycles. The number of amides is 1. The van der Waals surface area contributed by atoms with Crippen molar-refractivity contribution in [3.63, 3.8) is 0 Å². The van der Waals surface area contributed by atoms with Crippen molar-refractivity contribution in [3.8, 4) is 5.75 Å². The first kappa shape index (κ1) is 22.3. The van der Waals surface area contributed by atoms with Crippen molar-refractivity contribution < 1.29 is 18.8 Å². The third-order valence-electron chi connectivity index (χ3n) is 4.15. The monoisotopic (exact) mass is 533 g/mol. The first-order chi connectivity index (χ1) is 14.9. The molecule has 0 fully saturated rings. The van der Waals surface area contributed by atoms with E-state index in [1.165, 1.54) is 30.5 Å². The van der Waals surface area contributed by atoms with Crippen LogP contribution in [0.15, 0.2) is 71.8 Å². The highest BCUT2D eigenvalue weighted by atomic mass is 127. The molecule has 0 bridgehead atoms. The quantitative estimate of drug-likeness (QED) is 0.198. The zero-order chi connectivity index (χ0) is 22.2. The summed E-state index contributed by atoms with van der Waals surface area (Å²) in [6.07, 6.45) is 1.61. The number of hydrazone groups is 1. The van der Waals surface area contributed by atoms with Gasteiger partial charge in [0.15, 0.2) is 0 Å². The number of halogens is 2. The van der Waals surface area contributed by atoms with Gasteiger partial charge >= 0.3 is 0 Å². The van der Waals surface area contributed by atoms with E-state index in [-0.39, 0.29) is 30.4 Å². The number of non-ortho nitro benzene ring substituents is 1. The van der Waals surface area contributed by atoms with Gasteiger partial charge in [-0.2, -0.15) is 5.10 Å². The van der Waals surface area contributed by atoms with E-state index in [0.29, 0.717) is 16.9 Å². The third-order valence-corrected chi connectivity index (χ3v) is 5.00. The van der Waals surface area contributed by atoms with Crippen LogP contribution in [0.3, 0.4) is 0 Å². The second kappa shape index (κ2) is 10.6. The summed E-state index contributed by atoms with van der Waals surface area (Å²) in [5.41, 5.74) is 4.60. The number of nitro groups is 1. The lowest BCUT2D eigenvalue weighted by Crippen LogP contribution is -2.19. The fourth-order valence-electron chi connectivity index (χ4n) is 2.64. The van der Waals surface area contributed by atoms with E-state index < -0.39 is 4.92 Å². The summed E-state index contributed by atoms with van der Waals surface area (Å²) in [4.78, 5) is 22.3. The van der Waals surface area contributed by atoms with Crippen molar-refractivity contribution in [3.05, 3.63) is 103 Å². The summed E-state index contributed by atoms with van der Waals surface area (Å²) in [5.74, 6) is -0.0339. The van der Waals surface area contributed by atoms with Crippen LogP contribution in [0.1, 0.15) is 16.7 Å². The van der Waals surface area contributed by atoms with E-state index in [4.69, 9.17) is 4.74 Å². The van der Waals surface area contributed by atoms with E-state index in [1.54, 1.807) is 36.4 Å². The molecule has 3 aromatic carbocycles. The Morgan fingerprint density at radius 3 is 2.61 bits per heavy atom. The second-order valence-electron chi connectivity index (χ2n) is 6.50. The van der Waals surface area contributed by atoms with Crippen LogP contribution in [0.25, 0.3) is 0 Å². The maximum Gasteiger partial charge on any atom is 0.269 e. The Kier molecular flexibility index (Phi) is 7.65. The first-order valence-electron chi connectivity index (χ1n) is 9.13. The van der Waals surface area contributed by atoms with Crippen LogP contribution >= 0.6 is 22.6 Å². The Morgan fingerprint density at radius 2 is 1.90 bits per heavy atom. The summed E-state index contributed by atoms with van der Waals surface area (Å²) < 4.78 is 19.5. The highest BCUT2D eigenvalue weighted by molar-refractivity contribution is 14.1. The number of rotatable bonds is 8. The number of nitrogens with one attached hydrogen (secondary N) is 1. The Hall–Kier alpha value is -3.34. The van der Waals surface area contributed by atoms with Gasteiger partial charge in [-0.15, -0.1) is 0 Å². The fraction of sp³-hybridized carbons (Fsp3) is 0.0909. The van der Waals surface area contributed by atoms with Crippen molar-refractivity contribution in [1.82, 2.24) is 5.43 Å². The van der Waals surface area contributed by atoms with Crippen molar-refractivity contribution in [2.45, 2.75) is 13.0 Å². The average Bonchev–Trinajstić information content (AvgIpc) is 2.75. The predicted octanol–water partition coefficient (Wildman–Crippen LogP) is 4.61. The molecule has 0 unspecified atom stereocenters. The number of carbonyl (C=O) groups is 1. The van der Waals surface area contributed by atoms with Crippen LogP contribution in [0, 0.1) is 19.5 Å². The third kappa shape index (κ3) is 6.85. The van der Waals surface area contributed by atoms with Crippen LogP contribution in [0.4, 0.5) is 10.1 Å². The van der Waals surface area contributed by atoms with Gasteiger partial charge in [0.2, 0.25) is 5.91 Å². The largest absolute Gasteiger partial charge is 0.488 e. The van der Waals surface area contributed by atoms with E-state index in [0.717, 1.165) is 9.13 Å². The summed E-state index contributed by atoms with van der Waals surface area (Å²) in [6.45, 7) is 0.199. The van der Waals surface area contributed by atoms with Gasteiger partial charge in [-0.05, 0) is 69.6 Å². The number of hydrogen-bond donors (Lipinski definition) is 1. The molecular formula is C22H17FIN3O4. The molecule has 0 aliphatic heterocycles. The molecule has 158 valence electrons. The van der Waals surface area contributed by atoms with E-state index >= 15 is 0 Å². The van der Waals surface area contributed by atoms with Gasteiger partial charge in [-0.3, -0.25) is 14.9 Å². The molecule has 0 aliphatic carbocycles. The highest BCUT2D eigenvalue weighted by Crippen LogP contribution is 2.23. The molecule has 0 saturated heterocycles. The molecule has 0 aliphatic rings. The Balaban J connectivity index is 1.53. The van der Waals surface area contributed by atoms with Gasteiger partial charge < -0.3 is 4.74 Å². The molecule has 3 rings (SSSR count). The average molecular weight is 533 g/mol. The minimum atomic E-state index is -0.445. The molecular weight excluding hydrogens is 516 g/mol. The maximum absolute atomic E-state index is 12.9. The predicted molar refractivity (Wildman–Crippen MR) is 122 cm³/mol. The van der Waals surface area contributed by atoms with Crippen molar-refractivity contribution in [2.24, 2.45) is 5.10 Å². The van der Waals surface area contributed by atoms with Gasteiger partial charge in [0.05, 0.1) is 21.1 Å². The van der Waals surface area contributed by atoms with Crippen LogP contribution < -0.4 is 10.2 Å². The SMILES string of the molecule is O=C(Cc1ccc(F)cc1)N/N=C/c1ccc(OCc2cccc([N+](=O)[O-])c2)c(I)c1. The molecule has 7 nitrogen and oxygen atoms in total. The van der Waals surface area contributed by atoms with Crippen molar-refractivity contribution >= 4 is 40.4 Å². The summed E-state index contributed by atoms with van der Waals surface area (Å²) in [7, 11) is 0. The maximum atomic E-state index is 12.9. The molecule has 31 heavy (non-hydrogen) atoms. The van der Waals surface area contributed by atoms with Crippen LogP contribution in [-0.4, -0.2) is 17.0 Å². The number of benzene rings is 3. The standard InChI is InChI=1S/C22H17FIN3O4/c23-18-7-4-15(5-8-18)12-22(28)26-25-13-16-6-9-21(20(24)11-16)31-14-17-2-1-3-19(10-17)27(29)30/h1-11,13H,12,14H2,(H,26,28)/b25-13+. The normalized spacial score (nSPS) is 10.8. The van der Waals surface area contributed by atoms with E-state index in [2.05, 4.69) is 33.1 Å². The molecule has 1 N–H and O–H groups in total. The number of nitro benzene ring substituents is 1. The lowest BCUT2D eigenvalue weighted by Gasteiger charge is -2.09. The summed E-state index contributed by atoms with van der Waals surface area (Å²) in [6, 6.07) is 17.4. The fourth-order valence-corrected chi connectivity index (χ4v) is 3.34. The second-order valence-corrected chi connectivity index (χ2v) is 7.66. The van der Waals surface area contributed by atoms with Crippen LogP contribution in [0.5, 0.6) is 5.75 Å². The Labute approximate surface area is 191 Å². The Bertz CT molecular complexity index is 1120. The number of nitrogens with zero attached hydrogens (tertiary/aromatic N) is 2. The zero-order valence-corrected chi connectivity index (χ0v) is 18.3. The van der Waals surface area contributed by atoms with Crippen molar-refractivity contribution in [1.29, 1.82) is 0 Å². The van der Waals surface area contributed by atoms with Gasteiger partial charge in [-0.1, -0.05) is 24.3 Å². The van der Waals surface area contributed by atoms with Gasteiger partial charge in [0.25, 0.3) is 5.69 Å². The van der Waals surface area contributed by atoms with E-state index in [1.807, 2.05) is 6.07 Å². The topological polar surface area (TPSA) is 93.8 Å². The van der Waals surface area contributed by atoms with Crippen molar-refractivity contribution in [2.75, 3.05) is 0 Å². The van der Waals surface area contributed by atoms with Gasteiger partial charge in [0.1, 0.15) is 18.2 Å². The Morgan fingerprint density at radius 1 is 1.13 bits per heavy atom. The minimum absolute atomic E-state index is 0.0174. The smallest absolute Gasteiger partial charge is 0.269 e. The molecule has 9 heteroatoms. The lowest BCUT2D eigenvalue weighted by atomic mass is 10.1. The van der Waals surface area contributed by atoms with Crippen LogP contribution in [0.2, 0.25) is 0 Å². The molecule has 3 aromatic rings. The van der Waals surface area contributed by atoms with E-state index in [9.17, 15) is 19.3 Å². The van der Waals surface area contributed by atoms with Gasteiger partial charge in [-0.25, -0.2) is 9.82 Å². The number of hydrogen-bond acceptors (Lipinski definition) is 5. The molecule has 1 amide bonds. The molecule has 0 spiro atoms. The number of ether oxygens (including phenoxy) is 1. The molecule has 0 radical (unpaired) electrons. The van der Waals surface area contributed by atoms with Crippen LogP contribution in [-0.2, 0) is 17.8 Å². The molecule has 0 aromatic heterocycles. The highest BCUT2D eigenvalue weighted by Gasteiger charge is 2.08. The first-order valence-corrected chi connectivity index (χ1v) is 10.2. The summed E-state index contributed by atoms with van der Waals surface area (Å²) >= 11 is 2.12. The number of carbonyl (C=O) groups excluding carboxylic acids is 1. The molecule has 0 atom stereocenters. The summed E-state index contributed by atoms with van der Waals surface area (Å²) in [5, 5.41) is 14.8. The minimum Gasteiger partial charge on any atom is -0.488 e. The van der Waals surface area contributed by atoms with Gasteiger partial charge in [0, 0.05) is 12.1 Å². The molecule has 0 saturated carbocycles.